The van der Waals surface area contributed by atoms with Crippen LogP contribution < -0.4 is 5.32 Å². The highest BCUT2D eigenvalue weighted by Crippen LogP contribution is 2.46. The summed E-state index contributed by atoms with van der Waals surface area (Å²) in [7, 11) is 0. The van der Waals surface area contributed by atoms with Crippen molar-refractivity contribution in [2.45, 2.75) is 58.0 Å². The lowest BCUT2D eigenvalue weighted by atomic mass is 9.83. The molecule has 0 aromatic heterocycles. The number of amides is 2. The second-order valence-electron chi connectivity index (χ2n) is 6.22. The molecule has 1 N–H and O–H groups in total. The Morgan fingerprint density at radius 1 is 1.30 bits per heavy atom. The molecule has 0 aromatic carbocycles. The van der Waals surface area contributed by atoms with Crippen LogP contribution in [0.15, 0.2) is 0 Å². The van der Waals surface area contributed by atoms with Gasteiger partial charge in [0.15, 0.2) is 0 Å². The fraction of sp³-hybridized carbons (Fsp3) is 0.867. The van der Waals surface area contributed by atoms with E-state index in [9.17, 15) is 9.59 Å². The summed E-state index contributed by atoms with van der Waals surface area (Å²) in [5.41, 5.74) is -1.37. The van der Waals surface area contributed by atoms with Crippen molar-refractivity contribution >= 4 is 23.6 Å². The number of hydrogen-bond acceptors (Lipinski definition) is 3. The molecule has 1 heterocycles. The molecule has 0 aromatic rings. The molecule has 4 nitrogen and oxygen atoms in total. The van der Waals surface area contributed by atoms with Crippen LogP contribution in [0.1, 0.15) is 47.0 Å². The molecule has 1 aliphatic carbocycles. The number of carbonyl (C=O) groups is 2. The first-order valence-electron chi connectivity index (χ1n) is 7.62. The number of nitrogens with zero attached hydrogens (tertiary/aromatic N) is 1. The Morgan fingerprint density at radius 2 is 1.95 bits per heavy atom. The minimum absolute atomic E-state index is 0.0328. The van der Waals surface area contributed by atoms with E-state index in [0.717, 1.165) is 24.3 Å². The average molecular weight is 298 g/mol. The third-order valence-corrected chi connectivity index (χ3v) is 5.75. The number of piperazine rings is 1. The lowest BCUT2D eigenvalue weighted by molar-refractivity contribution is -0.162. The lowest BCUT2D eigenvalue weighted by Gasteiger charge is -2.50. The van der Waals surface area contributed by atoms with Crippen LogP contribution in [0.3, 0.4) is 0 Å². The smallest absolute Gasteiger partial charge is 0.248 e. The van der Waals surface area contributed by atoms with E-state index >= 15 is 0 Å². The van der Waals surface area contributed by atoms with Gasteiger partial charge in [0.25, 0.3) is 0 Å². The average Bonchev–Trinajstić information content (AvgIpc) is 3.25. The van der Waals surface area contributed by atoms with Crippen molar-refractivity contribution in [3.63, 3.8) is 0 Å². The number of carbonyl (C=O) groups excluding carboxylic acids is 2. The van der Waals surface area contributed by atoms with Crippen LogP contribution >= 0.6 is 11.8 Å². The van der Waals surface area contributed by atoms with E-state index in [1.807, 2.05) is 37.4 Å². The summed E-state index contributed by atoms with van der Waals surface area (Å²) in [5.74, 6) is 2.40. The van der Waals surface area contributed by atoms with E-state index in [2.05, 4.69) is 12.2 Å². The maximum atomic E-state index is 12.9. The molecule has 0 spiro atoms. The van der Waals surface area contributed by atoms with E-state index in [1.54, 1.807) is 0 Å². The molecule has 0 radical (unpaired) electrons. The first-order valence-corrected chi connectivity index (χ1v) is 8.78. The third kappa shape index (κ3) is 2.45. The Balaban J connectivity index is 2.26. The predicted octanol–water partition coefficient (Wildman–Crippen LogP) is 2.04. The van der Waals surface area contributed by atoms with Gasteiger partial charge in [-0.3, -0.25) is 9.59 Å². The zero-order valence-electron chi connectivity index (χ0n) is 13.0. The van der Waals surface area contributed by atoms with Gasteiger partial charge in [0.1, 0.15) is 11.1 Å². The van der Waals surface area contributed by atoms with Gasteiger partial charge in [-0.1, -0.05) is 13.8 Å². The molecular weight excluding hydrogens is 272 g/mol. The second kappa shape index (κ2) is 5.58. The van der Waals surface area contributed by atoms with Crippen LogP contribution in [0.2, 0.25) is 0 Å². The van der Waals surface area contributed by atoms with Gasteiger partial charge < -0.3 is 10.2 Å². The molecule has 5 heteroatoms. The zero-order chi connectivity index (χ0) is 15.0. The lowest BCUT2D eigenvalue weighted by Crippen LogP contribution is -2.75. The molecule has 2 rings (SSSR count). The molecule has 2 amide bonds. The van der Waals surface area contributed by atoms with Crippen LogP contribution in [0.4, 0.5) is 0 Å². The van der Waals surface area contributed by atoms with Crippen LogP contribution in [0.5, 0.6) is 0 Å². The summed E-state index contributed by atoms with van der Waals surface area (Å²) in [6, 6.07) is 0. The van der Waals surface area contributed by atoms with Crippen molar-refractivity contribution in [2.75, 3.05) is 18.1 Å². The van der Waals surface area contributed by atoms with Gasteiger partial charge in [0.2, 0.25) is 11.8 Å². The second-order valence-corrected chi connectivity index (χ2v) is 7.61. The van der Waals surface area contributed by atoms with Crippen molar-refractivity contribution in [2.24, 2.45) is 5.92 Å². The van der Waals surface area contributed by atoms with E-state index < -0.39 is 11.1 Å². The Kier molecular flexibility index (Phi) is 4.38. The summed E-state index contributed by atoms with van der Waals surface area (Å²) < 4.78 is 0. The molecule has 2 aliphatic rings. The molecule has 2 atom stereocenters. The highest BCUT2D eigenvalue weighted by atomic mass is 32.2. The molecule has 1 saturated carbocycles. The SMILES string of the molecule is CCSCCN1C(=O)C(C)(CC)NC(=O)C1(C)C1CC1. The minimum Gasteiger partial charge on any atom is -0.340 e. The summed E-state index contributed by atoms with van der Waals surface area (Å²) in [6.45, 7) is 8.54. The molecule has 0 bridgehead atoms. The third-order valence-electron chi connectivity index (χ3n) is 4.87. The Hall–Kier alpha value is -0.710. The van der Waals surface area contributed by atoms with Crippen LogP contribution in [-0.4, -0.2) is 45.8 Å². The summed E-state index contributed by atoms with van der Waals surface area (Å²) in [5, 5.41) is 2.99. The zero-order valence-corrected chi connectivity index (χ0v) is 13.8. The van der Waals surface area contributed by atoms with Crippen molar-refractivity contribution < 1.29 is 9.59 Å². The molecule has 1 aliphatic heterocycles. The Bertz CT molecular complexity index is 411. The Labute approximate surface area is 126 Å². The van der Waals surface area contributed by atoms with Crippen molar-refractivity contribution in [3.05, 3.63) is 0 Å². The molecular formula is C15H26N2O2S. The van der Waals surface area contributed by atoms with Crippen molar-refractivity contribution in [1.29, 1.82) is 0 Å². The molecule has 2 fully saturated rings. The van der Waals surface area contributed by atoms with Gasteiger partial charge in [0.05, 0.1) is 0 Å². The van der Waals surface area contributed by atoms with E-state index in [1.165, 1.54) is 0 Å². The Morgan fingerprint density at radius 3 is 2.45 bits per heavy atom. The van der Waals surface area contributed by atoms with Gasteiger partial charge in [-0.05, 0) is 44.8 Å². The number of hydrogen-bond donors (Lipinski definition) is 1. The van der Waals surface area contributed by atoms with Crippen molar-refractivity contribution in [1.82, 2.24) is 10.2 Å². The van der Waals surface area contributed by atoms with Gasteiger partial charge in [0, 0.05) is 12.3 Å². The first-order chi connectivity index (χ1) is 9.40. The van der Waals surface area contributed by atoms with E-state index in [4.69, 9.17) is 0 Å². The van der Waals surface area contributed by atoms with Crippen molar-refractivity contribution in [3.8, 4) is 0 Å². The van der Waals surface area contributed by atoms with E-state index in [-0.39, 0.29) is 11.8 Å². The quantitative estimate of drug-likeness (QED) is 0.763. The van der Waals surface area contributed by atoms with Crippen LogP contribution in [0, 0.1) is 5.92 Å². The molecule has 1 saturated heterocycles. The van der Waals surface area contributed by atoms with E-state index in [0.29, 0.717) is 18.9 Å². The number of thioether (sulfide) groups is 1. The largest absolute Gasteiger partial charge is 0.340 e. The van der Waals surface area contributed by atoms with Crippen LogP contribution in [-0.2, 0) is 9.59 Å². The summed E-state index contributed by atoms with van der Waals surface area (Å²) in [4.78, 5) is 27.4. The fourth-order valence-electron chi connectivity index (χ4n) is 2.99. The van der Waals surface area contributed by atoms with Crippen LogP contribution in [0.25, 0.3) is 0 Å². The number of rotatable bonds is 6. The summed E-state index contributed by atoms with van der Waals surface area (Å²) >= 11 is 1.82. The first kappa shape index (κ1) is 15.7. The van der Waals surface area contributed by atoms with Gasteiger partial charge in [-0.2, -0.15) is 11.8 Å². The topological polar surface area (TPSA) is 49.4 Å². The highest BCUT2D eigenvalue weighted by molar-refractivity contribution is 7.99. The summed E-state index contributed by atoms with van der Waals surface area (Å²) in [6.07, 6.45) is 2.74. The monoisotopic (exact) mass is 298 g/mol. The van der Waals surface area contributed by atoms with Gasteiger partial charge in [-0.25, -0.2) is 0 Å². The fourth-order valence-corrected chi connectivity index (χ4v) is 3.59. The standard InChI is InChI=1S/C15H26N2O2S/c1-5-14(3)13(19)17(9-10-20-6-2)15(4,11-7-8-11)12(18)16-14/h11H,5-10H2,1-4H3,(H,16,18). The highest BCUT2D eigenvalue weighted by Gasteiger charge is 2.59. The molecule has 20 heavy (non-hydrogen) atoms. The minimum atomic E-state index is -0.734. The molecule has 2 unspecified atom stereocenters. The molecule has 114 valence electrons. The van der Waals surface area contributed by atoms with Gasteiger partial charge >= 0.3 is 0 Å². The maximum Gasteiger partial charge on any atom is 0.248 e. The van der Waals surface area contributed by atoms with Gasteiger partial charge in [-0.15, -0.1) is 0 Å². The predicted molar refractivity (Wildman–Crippen MR) is 82.7 cm³/mol. The maximum absolute atomic E-state index is 12.9. The number of nitrogens with one attached hydrogen (secondary N) is 1. The normalized spacial score (nSPS) is 34.3.